The van der Waals surface area contributed by atoms with Crippen molar-refractivity contribution in [1.29, 1.82) is 0 Å². The quantitative estimate of drug-likeness (QED) is 0.753. The molecule has 0 bridgehead atoms. The Hall–Kier alpha value is -1.13. The van der Waals surface area contributed by atoms with Gasteiger partial charge in [-0.05, 0) is 37.6 Å². The van der Waals surface area contributed by atoms with Gasteiger partial charge >= 0.3 is 0 Å². The van der Waals surface area contributed by atoms with Crippen molar-refractivity contribution in [3.8, 4) is 0 Å². The normalized spacial score (nSPS) is 12.4. The Labute approximate surface area is 122 Å². The Morgan fingerprint density at radius 3 is 2.65 bits per heavy atom. The first-order valence-electron chi connectivity index (χ1n) is 7.38. The lowest BCUT2D eigenvalue weighted by Gasteiger charge is -2.31. The molecule has 0 aliphatic rings. The summed E-state index contributed by atoms with van der Waals surface area (Å²) in [6, 6.07) is 5.78. The van der Waals surface area contributed by atoms with E-state index >= 15 is 0 Å². The number of rotatable bonds is 9. The second kappa shape index (κ2) is 8.93. The fourth-order valence-corrected chi connectivity index (χ4v) is 2.15. The maximum Gasteiger partial charge on any atom is 0.146 e. The molecule has 0 saturated heterocycles. The van der Waals surface area contributed by atoms with Gasteiger partial charge in [-0.3, -0.25) is 0 Å². The molecule has 0 fully saturated rings. The van der Waals surface area contributed by atoms with Crippen LogP contribution in [-0.2, 0) is 11.3 Å². The molecular weight excluding hydrogens is 255 g/mol. The van der Waals surface area contributed by atoms with Gasteiger partial charge in [-0.1, -0.05) is 19.9 Å². The van der Waals surface area contributed by atoms with Crippen LogP contribution in [0.2, 0.25) is 0 Å². The monoisotopic (exact) mass is 282 g/mol. The van der Waals surface area contributed by atoms with Crippen LogP contribution in [0.4, 0.5) is 10.1 Å². The molecule has 0 aromatic heterocycles. The fraction of sp³-hybridized carbons (Fsp3) is 0.625. The Bertz CT molecular complexity index is 398. The van der Waals surface area contributed by atoms with Crippen LogP contribution < -0.4 is 10.2 Å². The summed E-state index contributed by atoms with van der Waals surface area (Å²) in [5, 5.41) is 3.21. The standard InChI is InChI=1S/C16H27FN2O/c1-5-13(3)19(9-10-20-4)16-8-7-14(11-15(16)17)12-18-6-2/h7-8,11,13,18H,5-6,9-10,12H2,1-4H3. The topological polar surface area (TPSA) is 24.5 Å². The Morgan fingerprint density at radius 1 is 1.35 bits per heavy atom. The number of nitrogens with one attached hydrogen (secondary N) is 1. The average molecular weight is 282 g/mol. The summed E-state index contributed by atoms with van der Waals surface area (Å²) in [7, 11) is 1.67. The first kappa shape index (κ1) is 16.9. The van der Waals surface area contributed by atoms with E-state index in [4.69, 9.17) is 4.74 Å². The minimum absolute atomic E-state index is 0.156. The minimum atomic E-state index is -0.156. The van der Waals surface area contributed by atoms with E-state index in [0.29, 0.717) is 31.4 Å². The molecule has 1 N–H and O–H groups in total. The highest BCUT2D eigenvalue weighted by molar-refractivity contribution is 5.50. The van der Waals surface area contributed by atoms with E-state index in [1.807, 2.05) is 19.1 Å². The predicted octanol–water partition coefficient (Wildman–Crippen LogP) is 3.19. The highest BCUT2D eigenvalue weighted by Gasteiger charge is 2.16. The van der Waals surface area contributed by atoms with Gasteiger partial charge in [0.2, 0.25) is 0 Å². The van der Waals surface area contributed by atoms with Gasteiger partial charge in [0.25, 0.3) is 0 Å². The summed E-state index contributed by atoms with van der Waals surface area (Å²) in [4.78, 5) is 2.08. The first-order chi connectivity index (χ1) is 9.63. The van der Waals surface area contributed by atoms with E-state index < -0.39 is 0 Å². The SMILES string of the molecule is CCNCc1ccc(N(CCOC)C(C)CC)c(F)c1. The van der Waals surface area contributed by atoms with Gasteiger partial charge in [0.15, 0.2) is 0 Å². The first-order valence-corrected chi connectivity index (χ1v) is 7.38. The molecule has 1 atom stereocenters. The summed E-state index contributed by atoms with van der Waals surface area (Å²) in [6.07, 6.45) is 0.974. The highest BCUT2D eigenvalue weighted by Crippen LogP contribution is 2.23. The Morgan fingerprint density at radius 2 is 2.10 bits per heavy atom. The lowest BCUT2D eigenvalue weighted by molar-refractivity contribution is 0.203. The summed E-state index contributed by atoms with van der Waals surface area (Å²) in [5.41, 5.74) is 1.64. The van der Waals surface area contributed by atoms with Crippen molar-refractivity contribution < 1.29 is 9.13 Å². The van der Waals surface area contributed by atoms with Crippen molar-refractivity contribution >= 4 is 5.69 Å². The van der Waals surface area contributed by atoms with Crippen molar-refractivity contribution in [3.63, 3.8) is 0 Å². The van der Waals surface area contributed by atoms with Gasteiger partial charge < -0.3 is 15.0 Å². The van der Waals surface area contributed by atoms with Gasteiger partial charge in [-0.25, -0.2) is 4.39 Å². The second-order valence-corrected chi connectivity index (χ2v) is 5.01. The average Bonchev–Trinajstić information content (AvgIpc) is 2.46. The molecule has 0 saturated carbocycles. The second-order valence-electron chi connectivity index (χ2n) is 5.01. The Balaban J connectivity index is 2.89. The van der Waals surface area contributed by atoms with Crippen LogP contribution >= 0.6 is 0 Å². The van der Waals surface area contributed by atoms with Gasteiger partial charge in [0.1, 0.15) is 5.82 Å². The summed E-state index contributed by atoms with van der Waals surface area (Å²) in [5.74, 6) is -0.156. The number of halogens is 1. The smallest absolute Gasteiger partial charge is 0.146 e. The molecular formula is C16H27FN2O. The number of methoxy groups -OCH3 is 1. The third-order valence-electron chi connectivity index (χ3n) is 3.56. The molecule has 0 heterocycles. The maximum absolute atomic E-state index is 14.3. The summed E-state index contributed by atoms with van der Waals surface area (Å²) < 4.78 is 19.5. The number of hydrogen-bond donors (Lipinski definition) is 1. The molecule has 20 heavy (non-hydrogen) atoms. The molecule has 0 aliphatic heterocycles. The van der Waals surface area contributed by atoms with Crippen LogP contribution in [0.15, 0.2) is 18.2 Å². The molecule has 1 aromatic carbocycles. The van der Waals surface area contributed by atoms with Crippen LogP contribution in [0.1, 0.15) is 32.8 Å². The molecule has 1 aromatic rings. The number of nitrogens with zero attached hydrogens (tertiary/aromatic N) is 1. The van der Waals surface area contributed by atoms with Gasteiger partial charge in [0.05, 0.1) is 12.3 Å². The van der Waals surface area contributed by atoms with Crippen LogP contribution in [0, 0.1) is 5.82 Å². The predicted molar refractivity (Wildman–Crippen MR) is 82.8 cm³/mol. The van der Waals surface area contributed by atoms with E-state index in [2.05, 4.69) is 24.1 Å². The molecule has 0 radical (unpaired) electrons. The lowest BCUT2D eigenvalue weighted by Crippen LogP contribution is -2.36. The number of ether oxygens (including phenoxy) is 1. The number of anilines is 1. The molecule has 1 rings (SSSR count). The van der Waals surface area contributed by atoms with Crippen molar-refractivity contribution in [1.82, 2.24) is 5.32 Å². The van der Waals surface area contributed by atoms with E-state index in [-0.39, 0.29) is 5.82 Å². The largest absolute Gasteiger partial charge is 0.383 e. The van der Waals surface area contributed by atoms with E-state index in [0.717, 1.165) is 18.5 Å². The minimum Gasteiger partial charge on any atom is -0.383 e. The zero-order valence-corrected chi connectivity index (χ0v) is 13.1. The Kier molecular flexibility index (Phi) is 7.55. The zero-order valence-electron chi connectivity index (χ0n) is 13.1. The molecule has 1 unspecified atom stereocenters. The van der Waals surface area contributed by atoms with Gasteiger partial charge in [-0.15, -0.1) is 0 Å². The van der Waals surface area contributed by atoms with Crippen LogP contribution in [-0.4, -0.2) is 32.8 Å². The summed E-state index contributed by atoms with van der Waals surface area (Å²) >= 11 is 0. The van der Waals surface area contributed by atoms with Gasteiger partial charge in [0, 0.05) is 26.2 Å². The fourth-order valence-electron chi connectivity index (χ4n) is 2.15. The number of hydrogen-bond acceptors (Lipinski definition) is 3. The van der Waals surface area contributed by atoms with Gasteiger partial charge in [-0.2, -0.15) is 0 Å². The molecule has 0 amide bonds. The maximum atomic E-state index is 14.3. The zero-order chi connectivity index (χ0) is 15.0. The lowest BCUT2D eigenvalue weighted by atomic mass is 10.1. The van der Waals surface area contributed by atoms with Crippen molar-refractivity contribution in [2.75, 3.05) is 31.7 Å². The third-order valence-corrected chi connectivity index (χ3v) is 3.56. The van der Waals surface area contributed by atoms with E-state index in [1.165, 1.54) is 0 Å². The van der Waals surface area contributed by atoms with E-state index in [9.17, 15) is 4.39 Å². The van der Waals surface area contributed by atoms with Crippen LogP contribution in [0.25, 0.3) is 0 Å². The van der Waals surface area contributed by atoms with Crippen molar-refractivity contribution in [2.45, 2.75) is 39.8 Å². The van der Waals surface area contributed by atoms with Crippen LogP contribution in [0.3, 0.4) is 0 Å². The van der Waals surface area contributed by atoms with Crippen molar-refractivity contribution in [3.05, 3.63) is 29.6 Å². The third kappa shape index (κ3) is 4.76. The molecule has 3 nitrogen and oxygen atoms in total. The molecule has 4 heteroatoms. The van der Waals surface area contributed by atoms with Crippen LogP contribution in [0.5, 0.6) is 0 Å². The molecule has 114 valence electrons. The molecule has 0 aliphatic carbocycles. The van der Waals surface area contributed by atoms with Crippen molar-refractivity contribution in [2.24, 2.45) is 0 Å². The molecule has 0 spiro atoms. The number of benzene rings is 1. The summed E-state index contributed by atoms with van der Waals surface area (Å²) in [6.45, 7) is 9.16. The van der Waals surface area contributed by atoms with E-state index in [1.54, 1.807) is 13.2 Å². The highest BCUT2D eigenvalue weighted by atomic mass is 19.1.